The van der Waals surface area contributed by atoms with Crippen LogP contribution < -0.4 is 0 Å². The van der Waals surface area contributed by atoms with Crippen LogP contribution in [0.2, 0.25) is 0 Å². The molecule has 1 rings (SSSR count). The maximum absolute atomic E-state index is 11.8. The molecule has 1 aliphatic rings. The van der Waals surface area contributed by atoms with Crippen LogP contribution in [-0.2, 0) is 14.8 Å². The van der Waals surface area contributed by atoms with Crippen LogP contribution in [0.5, 0.6) is 0 Å². The minimum atomic E-state index is -3.27. The van der Waals surface area contributed by atoms with Gasteiger partial charge in [-0.3, -0.25) is 4.79 Å². The monoisotopic (exact) mass is 235 g/mol. The van der Waals surface area contributed by atoms with E-state index in [2.05, 4.69) is 0 Å². The lowest BCUT2D eigenvalue weighted by atomic mass is 10.00. The highest BCUT2D eigenvalue weighted by Crippen LogP contribution is 2.29. The SMILES string of the molecule is CC(C)(C)S(=O)(=O)N1CC(CC(=O)O)C1. The zero-order chi connectivity index (χ0) is 11.9. The van der Waals surface area contributed by atoms with Crippen LogP contribution in [0.25, 0.3) is 0 Å². The molecule has 1 N–H and O–H groups in total. The van der Waals surface area contributed by atoms with E-state index in [0.717, 1.165) is 0 Å². The Balaban J connectivity index is 2.56. The molecule has 0 bridgehead atoms. The first-order chi connectivity index (χ1) is 6.64. The molecule has 0 aliphatic carbocycles. The molecule has 0 atom stereocenters. The van der Waals surface area contributed by atoms with Gasteiger partial charge in [-0.1, -0.05) is 0 Å². The van der Waals surface area contributed by atoms with Crippen LogP contribution in [0, 0.1) is 5.92 Å². The van der Waals surface area contributed by atoms with Gasteiger partial charge in [0.05, 0.1) is 11.2 Å². The Bertz CT molecular complexity index is 349. The highest BCUT2D eigenvalue weighted by atomic mass is 32.2. The van der Waals surface area contributed by atoms with Crippen LogP contribution in [-0.4, -0.2) is 41.6 Å². The fourth-order valence-electron chi connectivity index (χ4n) is 1.48. The molecule has 0 radical (unpaired) electrons. The predicted octanol–water partition coefficient (Wildman–Crippen LogP) is 0.521. The first-order valence-electron chi connectivity index (χ1n) is 4.86. The molecule has 0 aromatic heterocycles. The minimum absolute atomic E-state index is 0.0281. The van der Waals surface area contributed by atoms with Gasteiger partial charge in [0.25, 0.3) is 0 Å². The largest absolute Gasteiger partial charge is 0.481 e. The molecule has 1 heterocycles. The summed E-state index contributed by atoms with van der Waals surface area (Å²) < 4.78 is 24.2. The van der Waals surface area contributed by atoms with Gasteiger partial charge in [0.2, 0.25) is 10.0 Å². The van der Waals surface area contributed by atoms with Crippen molar-refractivity contribution < 1.29 is 18.3 Å². The second-order valence-electron chi connectivity index (χ2n) is 4.90. The fourth-order valence-corrected chi connectivity index (χ4v) is 3.07. The lowest BCUT2D eigenvalue weighted by Gasteiger charge is -2.41. The minimum Gasteiger partial charge on any atom is -0.481 e. The Kier molecular flexibility index (Phi) is 3.11. The van der Waals surface area contributed by atoms with E-state index in [-0.39, 0.29) is 12.3 Å². The van der Waals surface area contributed by atoms with Gasteiger partial charge in [0.15, 0.2) is 0 Å². The summed E-state index contributed by atoms with van der Waals surface area (Å²) in [6.45, 7) is 5.62. The molecule has 1 aliphatic heterocycles. The molecular weight excluding hydrogens is 218 g/mol. The number of rotatable bonds is 3. The highest BCUT2D eigenvalue weighted by molar-refractivity contribution is 7.90. The lowest BCUT2D eigenvalue weighted by Crippen LogP contribution is -2.55. The zero-order valence-corrected chi connectivity index (χ0v) is 10.0. The molecule has 0 aromatic rings. The standard InChI is InChI=1S/C9H17NO4S/c1-9(2,3)15(13,14)10-5-7(6-10)4-8(11)12/h7H,4-6H2,1-3H3,(H,11,12). The summed E-state index contributed by atoms with van der Waals surface area (Å²) in [5, 5.41) is 8.53. The van der Waals surface area contributed by atoms with E-state index < -0.39 is 20.7 Å². The van der Waals surface area contributed by atoms with Crippen LogP contribution in [0.1, 0.15) is 27.2 Å². The predicted molar refractivity (Wildman–Crippen MR) is 56.0 cm³/mol. The average Bonchev–Trinajstić information content (AvgIpc) is 1.92. The number of sulfonamides is 1. The molecule has 0 spiro atoms. The van der Waals surface area contributed by atoms with Crippen molar-refractivity contribution in [3.63, 3.8) is 0 Å². The van der Waals surface area contributed by atoms with E-state index in [1.165, 1.54) is 4.31 Å². The van der Waals surface area contributed by atoms with Crippen LogP contribution in [0.15, 0.2) is 0 Å². The van der Waals surface area contributed by atoms with Gasteiger partial charge in [-0.15, -0.1) is 0 Å². The van der Waals surface area contributed by atoms with E-state index in [9.17, 15) is 13.2 Å². The van der Waals surface area contributed by atoms with Crippen molar-refractivity contribution in [2.45, 2.75) is 31.9 Å². The molecule has 0 amide bonds. The molecule has 5 nitrogen and oxygen atoms in total. The molecule has 0 unspecified atom stereocenters. The van der Waals surface area contributed by atoms with Gasteiger partial charge in [0, 0.05) is 13.1 Å². The summed E-state index contributed by atoms with van der Waals surface area (Å²) in [6.07, 6.45) is 0.0517. The van der Waals surface area contributed by atoms with Crippen LogP contribution in [0.4, 0.5) is 0 Å². The summed E-state index contributed by atoms with van der Waals surface area (Å²) in [4.78, 5) is 10.4. The van der Waals surface area contributed by atoms with Gasteiger partial charge in [-0.25, -0.2) is 12.7 Å². The number of aliphatic carboxylic acids is 1. The molecule has 88 valence electrons. The van der Waals surface area contributed by atoms with Crippen molar-refractivity contribution >= 4 is 16.0 Å². The third-order valence-corrected chi connectivity index (χ3v) is 5.03. The third kappa shape index (κ3) is 2.49. The van der Waals surface area contributed by atoms with Crippen molar-refractivity contribution in [2.24, 2.45) is 5.92 Å². The number of carboxylic acids is 1. The van der Waals surface area contributed by atoms with Crippen molar-refractivity contribution in [1.82, 2.24) is 4.31 Å². The third-order valence-electron chi connectivity index (χ3n) is 2.50. The van der Waals surface area contributed by atoms with Crippen molar-refractivity contribution in [2.75, 3.05) is 13.1 Å². The lowest BCUT2D eigenvalue weighted by molar-refractivity contribution is -0.139. The Labute approximate surface area is 90.1 Å². The quantitative estimate of drug-likeness (QED) is 0.774. The van der Waals surface area contributed by atoms with Gasteiger partial charge < -0.3 is 5.11 Å². The second kappa shape index (κ2) is 3.75. The molecule has 0 aromatic carbocycles. The topological polar surface area (TPSA) is 74.7 Å². The number of hydrogen-bond acceptors (Lipinski definition) is 3. The summed E-state index contributed by atoms with van der Waals surface area (Å²) in [6, 6.07) is 0. The summed E-state index contributed by atoms with van der Waals surface area (Å²) >= 11 is 0. The van der Waals surface area contributed by atoms with E-state index in [1.807, 2.05) is 0 Å². The van der Waals surface area contributed by atoms with Crippen molar-refractivity contribution in [3.8, 4) is 0 Å². The number of carbonyl (C=O) groups is 1. The second-order valence-corrected chi connectivity index (χ2v) is 7.59. The zero-order valence-electron chi connectivity index (χ0n) is 9.23. The molecule has 6 heteroatoms. The molecule has 1 fully saturated rings. The Morgan fingerprint density at radius 2 is 1.87 bits per heavy atom. The van der Waals surface area contributed by atoms with Crippen LogP contribution in [0.3, 0.4) is 0 Å². The van der Waals surface area contributed by atoms with Crippen molar-refractivity contribution in [3.05, 3.63) is 0 Å². The average molecular weight is 235 g/mol. The van der Waals surface area contributed by atoms with Gasteiger partial charge in [-0.05, 0) is 26.7 Å². The fraction of sp³-hybridized carbons (Fsp3) is 0.889. The van der Waals surface area contributed by atoms with E-state index >= 15 is 0 Å². The number of nitrogens with zero attached hydrogens (tertiary/aromatic N) is 1. The number of hydrogen-bond donors (Lipinski definition) is 1. The summed E-state index contributed by atoms with van der Waals surface area (Å²) in [7, 11) is -3.27. The Hall–Kier alpha value is -0.620. The smallest absolute Gasteiger partial charge is 0.303 e. The Morgan fingerprint density at radius 1 is 1.40 bits per heavy atom. The maximum Gasteiger partial charge on any atom is 0.303 e. The molecule has 15 heavy (non-hydrogen) atoms. The molecular formula is C9H17NO4S. The maximum atomic E-state index is 11.8. The molecule has 1 saturated heterocycles. The molecule has 0 saturated carbocycles. The normalized spacial score (nSPS) is 19.9. The van der Waals surface area contributed by atoms with Gasteiger partial charge in [-0.2, -0.15) is 0 Å². The van der Waals surface area contributed by atoms with Gasteiger partial charge >= 0.3 is 5.97 Å². The van der Waals surface area contributed by atoms with Gasteiger partial charge in [0.1, 0.15) is 0 Å². The van der Waals surface area contributed by atoms with Crippen molar-refractivity contribution in [1.29, 1.82) is 0 Å². The van der Waals surface area contributed by atoms with E-state index in [0.29, 0.717) is 13.1 Å². The Morgan fingerprint density at radius 3 is 2.20 bits per heavy atom. The first kappa shape index (κ1) is 12.4. The highest BCUT2D eigenvalue weighted by Gasteiger charge is 2.42. The summed E-state index contributed by atoms with van der Waals surface area (Å²) in [5.74, 6) is -0.896. The summed E-state index contributed by atoms with van der Waals surface area (Å²) in [5.41, 5.74) is 0. The number of carboxylic acid groups (broad SMARTS) is 1. The van der Waals surface area contributed by atoms with E-state index in [4.69, 9.17) is 5.11 Å². The first-order valence-corrected chi connectivity index (χ1v) is 6.30. The van der Waals surface area contributed by atoms with Crippen LogP contribution >= 0.6 is 0 Å². The van der Waals surface area contributed by atoms with E-state index in [1.54, 1.807) is 20.8 Å².